The van der Waals surface area contributed by atoms with Gasteiger partial charge in [-0.15, -0.1) is 0 Å². The number of nitrogens with two attached hydrogens (primary N) is 1. The normalized spacial score (nSPS) is 9.75. The third kappa shape index (κ3) is 2.75. The van der Waals surface area contributed by atoms with E-state index in [-0.39, 0.29) is 0 Å². The van der Waals surface area contributed by atoms with Crippen molar-refractivity contribution in [3.63, 3.8) is 0 Å². The van der Waals surface area contributed by atoms with Crippen LogP contribution in [-0.2, 0) is 4.74 Å². The molecule has 0 aliphatic carbocycles. The van der Waals surface area contributed by atoms with Gasteiger partial charge in [-0.3, -0.25) is 0 Å². The molecule has 1 rings (SSSR count). The van der Waals surface area contributed by atoms with E-state index in [4.69, 9.17) is 15.2 Å². The Morgan fingerprint density at radius 3 is 2.83 bits per heavy atom. The van der Waals surface area contributed by atoms with Crippen molar-refractivity contribution in [2.24, 2.45) is 0 Å². The van der Waals surface area contributed by atoms with Crippen LogP contribution in [0.2, 0.25) is 0 Å². The second-order valence-corrected chi connectivity index (χ2v) is 2.26. The monoisotopic (exact) mass is 168 g/mol. The maximum absolute atomic E-state index is 5.39. The Labute approximate surface area is 71.3 Å². The average Bonchev–Trinajstić information content (AvgIpc) is 2.09. The molecule has 0 amide bonds. The van der Waals surface area contributed by atoms with E-state index in [0.29, 0.717) is 24.8 Å². The summed E-state index contributed by atoms with van der Waals surface area (Å²) in [6.45, 7) is 1.10. The second-order valence-electron chi connectivity index (χ2n) is 2.26. The molecule has 0 saturated heterocycles. The van der Waals surface area contributed by atoms with Gasteiger partial charge in [0.2, 0.25) is 0 Å². The highest BCUT2D eigenvalue weighted by Crippen LogP contribution is 2.09. The molecule has 12 heavy (non-hydrogen) atoms. The molecule has 1 heterocycles. The zero-order valence-corrected chi connectivity index (χ0v) is 6.99. The van der Waals surface area contributed by atoms with Gasteiger partial charge in [-0.25, -0.2) is 4.98 Å². The molecule has 0 saturated carbocycles. The van der Waals surface area contributed by atoms with Gasteiger partial charge in [-0.1, -0.05) is 0 Å². The predicted octanol–water partition coefficient (Wildman–Crippen LogP) is 0.689. The summed E-state index contributed by atoms with van der Waals surface area (Å²) in [7, 11) is 1.63. The van der Waals surface area contributed by atoms with Gasteiger partial charge in [-0.05, 0) is 12.1 Å². The first-order valence-electron chi connectivity index (χ1n) is 3.66. The lowest BCUT2D eigenvalue weighted by molar-refractivity contribution is 0.146. The number of rotatable bonds is 4. The molecule has 4 nitrogen and oxygen atoms in total. The van der Waals surface area contributed by atoms with Gasteiger partial charge < -0.3 is 15.2 Å². The number of ether oxygens (including phenoxy) is 2. The first-order chi connectivity index (χ1) is 5.83. The summed E-state index contributed by atoms with van der Waals surface area (Å²) in [5, 5.41) is 0. The molecule has 1 aromatic heterocycles. The summed E-state index contributed by atoms with van der Waals surface area (Å²) >= 11 is 0. The molecule has 66 valence electrons. The third-order valence-corrected chi connectivity index (χ3v) is 1.32. The van der Waals surface area contributed by atoms with E-state index in [2.05, 4.69) is 4.98 Å². The fourth-order valence-electron chi connectivity index (χ4n) is 0.720. The lowest BCUT2D eigenvalue weighted by Crippen LogP contribution is -2.04. The molecule has 0 aromatic carbocycles. The zero-order valence-electron chi connectivity index (χ0n) is 6.99. The van der Waals surface area contributed by atoms with Crippen LogP contribution in [0.5, 0.6) is 5.75 Å². The number of methoxy groups -OCH3 is 1. The minimum atomic E-state index is 0.495. The lowest BCUT2D eigenvalue weighted by atomic mass is 10.4. The molecule has 0 radical (unpaired) electrons. The highest BCUT2D eigenvalue weighted by molar-refractivity contribution is 5.31. The maximum Gasteiger partial charge on any atom is 0.137 e. The van der Waals surface area contributed by atoms with Crippen LogP contribution in [0.1, 0.15) is 0 Å². The zero-order chi connectivity index (χ0) is 8.81. The summed E-state index contributed by atoms with van der Waals surface area (Å²) in [5.74, 6) is 1.20. The SMILES string of the molecule is COCCOc1ccc(N)nc1. The standard InChI is InChI=1S/C8H12N2O2/c1-11-4-5-12-7-2-3-8(9)10-6-7/h2-3,6H,4-5H2,1H3,(H2,9,10). The van der Waals surface area contributed by atoms with Crippen LogP contribution in [0, 0.1) is 0 Å². The molecular formula is C8H12N2O2. The van der Waals surface area contributed by atoms with Crippen molar-refractivity contribution < 1.29 is 9.47 Å². The first-order valence-corrected chi connectivity index (χ1v) is 3.66. The summed E-state index contributed by atoms with van der Waals surface area (Å²) in [5.41, 5.74) is 5.39. The van der Waals surface area contributed by atoms with E-state index >= 15 is 0 Å². The number of hydrogen-bond acceptors (Lipinski definition) is 4. The first kappa shape index (κ1) is 8.80. The van der Waals surface area contributed by atoms with Crippen molar-refractivity contribution in [1.82, 2.24) is 4.98 Å². The molecule has 0 spiro atoms. The Bertz CT molecular complexity index is 223. The van der Waals surface area contributed by atoms with Gasteiger partial charge in [0.1, 0.15) is 18.2 Å². The Morgan fingerprint density at radius 1 is 1.42 bits per heavy atom. The fourth-order valence-corrected chi connectivity index (χ4v) is 0.720. The molecular weight excluding hydrogens is 156 g/mol. The number of pyridine rings is 1. The minimum absolute atomic E-state index is 0.495. The van der Waals surface area contributed by atoms with E-state index in [9.17, 15) is 0 Å². The molecule has 0 atom stereocenters. The van der Waals surface area contributed by atoms with E-state index in [0.717, 1.165) is 0 Å². The highest BCUT2D eigenvalue weighted by atomic mass is 16.5. The molecule has 0 aliphatic rings. The van der Waals surface area contributed by atoms with E-state index in [1.54, 1.807) is 25.4 Å². The number of nitrogen functional groups attached to an aromatic ring is 1. The highest BCUT2D eigenvalue weighted by Gasteiger charge is 1.92. The van der Waals surface area contributed by atoms with Gasteiger partial charge in [0.05, 0.1) is 12.8 Å². The lowest BCUT2D eigenvalue weighted by Gasteiger charge is -2.03. The van der Waals surface area contributed by atoms with Crippen molar-refractivity contribution in [2.45, 2.75) is 0 Å². The third-order valence-electron chi connectivity index (χ3n) is 1.32. The Hall–Kier alpha value is -1.29. The van der Waals surface area contributed by atoms with Crippen LogP contribution < -0.4 is 10.5 Å². The largest absolute Gasteiger partial charge is 0.490 e. The molecule has 0 fully saturated rings. The van der Waals surface area contributed by atoms with Gasteiger partial charge >= 0.3 is 0 Å². The van der Waals surface area contributed by atoms with E-state index < -0.39 is 0 Å². The van der Waals surface area contributed by atoms with Crippen LogP contribution in [0.4, 0.5) is 5.82 Å². The molecule has 0 aliphatic heterocycles. The molecule has 4 heteroatoms. The second kappa shape index (κ2) is 4.56. The van der Waals surface area contributed by atoms with Crippen LogP contribution >= 0.6 is 0 Å². The van der Waals surface area contributed by atoms with Crippen LogP contribution in [-0.4, -0.2) is 25.3 Å². The van der Waals surface area contributed by atoms with E-state index in [1.807, 2.05) is 0 Å². The van der Waals surface area contributed by atoms with Gasteiger partial charge in [0.15, 0.2) is 0 Å². The van der Waals surface area contributed by atoms with Crippen molar-refractivity contribution in [1.29, 1.82) is 0 Å². The fraction of sp³-hybridized carbons (Fsp3) is 0.375. The predicted molar refractivity (Wildman–Crippen MR) is 46.0 cm³/mol. The summed E-state index contributed by atoms with van der Waals surface area (Å²) in [6, 6.07) is 3.47. The van der Waals surface area contributed by atoms with Crippen molar-refractivity contribution >= 4 is 5.82 Å². The van der Waals surface area contributed by atoms with Gasteiger partial charge in [-0.2, -0.15) is 0 Å². The molecule has 0 unspecified atom stereocenters. The van der Waals surface area contributed by atoms with Crippen molar-refractivity contribution in [3.05, 3.63) is 18.3 Å². The van der Waals surface area contributed by atoms with E-state index in [1.165, 1.54) is 0 Å². The summed E-state index contributed by atoms with van der Waals surface area (Å²) in [6.07, 6.45) is 1.59. The maximum atomic E-state index is 5.39. The topological polar surface area (TPSA) is 57.4 Å². The average molecular weight is 168 g/mol. The number of aromatic nitrogens is 1. The quantitative estimate of drug-likeness (QED) is 0.672. The van der Waals surface area contributed by atoms with Gasteiger partial charge in [0.25, 0.3) is 0 Å². The van der Waals surface area contributed by atoms with Crippen LogP contribution in [0.25, 0.3) is 0 Å². The summed E-state index contributed by atoms with van der Waals surface area (Å²) in [4.78, 5) is 3.87. The summed E-state index contributed by atoms with van der Waals surface area (Å²) < 4.78 is 10.1. The Morgan fingerprint density at radius 2 is 2.25 bits per heavy atom. The Kier molecular flexibility index (Phi) is 3.35. The smallest absolute Gasteiger partial charge is 0.137 e. The van der Waals surface area contributed by atoms with Crippen molar-refractivity contribution in [3.8, 4) is 5.75 Å². The van der Waals surface area contributed by atoms with Crippen LogP contribution in [0.3, 0.4) is 0 Å². The van der Waals surface area contributed by atoms with Crippen LogP contribution in [0.15, 0.2) is 18.3 Å². The minimum Gasteiger partial charge on any atom is -0.490 e. The molecule has 0 bridgehead atoms. The number of nitrogens with zero attached hydrogens (tertiary/aromatic N) is 1. The number of hydrogen-bond donors (Lipinski definition) is 1. The number of anilines is 1. The van der Waals surface area contributed by atoms with Crippen molar-refractivity contribution in [2.75, 3.05) is 26.1 Å². The molecule has 2 N–H and O–H groups in total. The van der Waals surface area contributed by atoms with Gasteiger partial charge in [0, 0.05) is 7.11 Å². The Balaban J connectivity index is 2.37. The molecule has 1 aromatic rings.